The van der Waals surface area contributed by atoms with E-state index in [0.29, 0.717) is 24.7 Å². The number of hydrogen-bond donors (Lipinski definition) is 0. The van der Waals surface area contributed by atoms with Crippen molar-refractivity contribution in [2.45, 2.75) is 10.8 Å². The molecule has 20 heavy (non-hydrogen) atoms. The Morgan fingerprint density at radius 1 is 1.25 bits per heavy atom. The predicted octanol–water partition coefficient (Wildman–Crippen LogP) is 1.37. The van der Waals surface area contributed by atoms with E-state index in [1.54, 1.807) is 18.2 Å². The zero-order chi connectivity index (χ0) is 14.8. The number of likely N-dealkylation sites (N-methyl/N-ethyl adjacent to an activating group) is 1. The van der Waals surface area contributed by atoms with Gasteiger partial charge in [0.2, 0.25) is 10.0 Å². The van der Waals surface area contributed by atoms with Crippen LogP contribution in [-0.2, 0) is 15.9 Å². The third-order valence-corrected chi connectivity index (χ3v) is 5.71. The van der Waals surface area contributed by atoms with Crippen molar-refractivity contribution < 1.29 is 13.2 Å². The highest BCUT2D eigenvalue weighted by atomic mass is 35.5. The minimum Gasteiger partial charge on any atom is -0.495 e. The molecule has 112 valence electrons. The molecule has 5 nitrogen and oxygen atoms in total. The SMILES string of the molecule is COc1cc(CCl)ccc1S(=O)(=O)N1CCN(C)CC1. The maximum absolute atomic E-state index is 12.7. The summed E-state index contributed by atoms with van der Waals surface area (Å²) < 4.78 is 32.1. The number of piperazine rings is 1. The van der Waals surface area contributed by atoms with Crippen LogP contribution >= 0.6 is 11.6 Å². The highest BCUT2D eigenvalue weighted by Gasteiger charge is 2.29. The largest absolute Gasteiger partial charge is 0.495 e. The standard InChI is InChI=1S/C13H19ClN2O3S/c1-15-5-7-16(8-6-15)20(17,18)13-4-3-11(10-14)9-12(13)19-2/h3-4,9H,5-8,10H2,1-2H3. The summed E-state index contributed by atoms with van der Waals surface area (Å²) in [5, 5.41) is 0. The Morgan fingerprint density at radius 2 is 1.90 bits per heavy atom. The van der Waals surface area contributed by atoms with Crippen molar-refractivity contribution in [2.75, 3.05) is 40.3 Å². The molecule has 1 aromatic rings. The number of methoxy groups -OCH3 is 1. The van der Waals surface area contributed by atoms with Crippen molar-refractivity contribution in [3.8, 4) is 5.75 Å². The molecule has 1 saturated heterocycles. The number of alkyl halides is 1. The van der Waals surface area contributed by atoms with Crippen molar-refractivity contribution in [3.63, 3.8) is 0 Å². The second-order valence-corrected chi connectivity index (χ2v) is 7.00. The first-order chi connectivity index (χ1) is 9.48. The van der Waals surface area contributed by atoms with Crippen LogP contribution < -0.4 is 4.74 Å². The summed E-state index contributed by atoms with van der Waals surface area (Å²) in [6, 6.07) is 4.97. The van der Waals surface area contributed by atoms with E-state index >= 15 is 0 Å². The highest BCUT2D eigenvalue weighted by Crippen LogP contribution is 2.28. The molecule has 0 radical (unpaired) electrons. The second kappa shape index (κ2) is 6.30. The van der Waals surface area contributed by atoms with Gasteiger partial charge < -0.3 is 9.64 Å². The van der Waals surface area contributed by atoms with Crippen LogP contribution in [0.25, 0.3) is 0 Å². The van der Waals surface area contributed by atoms with E-state index in [9.17, 15) is 8.42 Å². The molecule has 1 heterocycles. The maximum atomic E-state index is 12.7. The fraction of sp³-hybridized carbons (Fsp3) is 0.538. The molecule has 0 saturated carbocycles. The Balaban J connectivity index is 2.34. The van der Waals surface area contributed by atoms with Crippen molar-refractivity contribution in [1.82, 2.24) is 9.21 Å². The number of benzene rings is 1. The van der Waals surface area contributed by atoms with Crippen molar-refractivity contribution >= 4 is 21.6 Å². The summed E-state index contributed by atoms with van der Waals surface area (Å²) in [4.78, 5) is 2.32. The summed E-state index contributed by atoms with van der Waals surface area (Å²) in [6.07, 6.45) is 0. The van der Waals surface area contributed by atoms with Crippen LogP contribution in [-0.4, -0.2) is 58.0 Å². The van der Waals surface area contributed by atoms with Crippen LogP contribution in [0, 0.1) is 0 Å². The third kappa shape index (κ3) is 3.09. The van der Waals surface area contributed by atoms with E-state index in [1.807, 2.05) is 7.05 Å². The van der Waals surface area contributed by atoms with Gasteiger partial charge in [0.05, 0.1) is 7.11 Å². The lowest BCUT2D eigenvalue weighted by Gasteiger charge is -2.31. The van der Waals surface area contributed by atoms with Crippen LogP contribution in [0.4, 0.5) is 0 Å². The summed E-state index contributed by atoms with van der Waals surface area (Å²) in [5.41, 5.74) is 0.834. The van der Waals surface area contributed by atoms with Gasteiger partial charge in [0.25, 0.3) is 0 Å². The van der Waals surface area contributed by atoms with Gasteiger partial charge in [-0.05, 0) is 24.7 Å². The quantitative estimate of drug-likeness (QED) is 0.787. The fourth-order valence-electron chi connectivity index (χ4n) is 2.18. The first-order valence-corrected chi connectivity index (χ1v) is 8.38. The lowest BCUT2D eigenvalue weighted by atomic mass is 10.2. The number of ether oxygens (including phenoxy) is 1. The van der Waals surface area contributed by atoms with Gasteiger partial charge in [-0.1, -0.05) is 6.07 Å². The highest BCUT2D eigenvalue weighted by molar-refractivity contribution is 7.89. The summed E-state index contributed by atoms with van der Waals surface area (Å²) >= 11 is 5.77. The predicted molar refractivity (Wildman–Crippen MR) is 78.8 cm³/mol. The molecule has 0 aromatic heterocycles. The van der Waals surface area contributed by atoms with Crippen LogP contribution in [0.5, 0.6) is 5.75 Å². The minimum absolute atomic E-state index is 0.207. The molecule has 0 N–H and O–H groups in total. The molecule has 1 fully saturated rings. The number of rotatable bonds is 4. The summed E-state index contributed by atoms with van der Waals surface area (Å²) in [7, 11) is -0.0601. The molecule has 0 spiro atoms. The van der Waals surface area contributed by atoms with Crippen LogP contribution in [0.3, 0.4) is 0 Å². The zero-order valence-corrected chi connectivity index (χ0v) is 13.2. The van der Waals surface area contributed by atoms with Crippen molar-refractivity contribution in [3.05, 3.63) is 23.8 Å². The first-order valence-electron chi connectivity index (χ1n) is 6.40. The summed E-state index contributed by atoms with van der Waals surface area (Å²) in [6.45, 7) is 2.47. The van der Waals surface area contributed by atoms with Gasteiger partial charge in [0.15, 0.2) is 0 Å². The zero-order valence-electron chi connectivity index (χ0n) is 11.7. The molecule has 2 rings (SSSR count). The van der Waals surface area contributed by atoms with Gasteiger partial charge in [-0.25, -0.2) is 8.42 Å². The Morgan fingerprint density at radius 3 is 2.45 bits per heavy atom. The van der Waals surface area contributed by atoms with E-state index in [0.717, 1.165) is 18.7 Å². The molecule has 0 aliphatic carbocycles. The molecular weight excluding hydrogens is 300 g/mol. The lowest BCUT2D eigenvalue weighted by molar-refractivity contribution is 0.222. The van der Waals surface area contributed by atoms with E-state index in [-0.39, 0.29) is 4.90 Å². The van der Waals surface area contributed by atoms with Gasteiger partial charge >= 0.3 is 0 Å². The van der Waals surface area contributed by atoms with Gasteiger partial charge in [0, 0.05) is 32.1 Å². The lowest BCUT2D eigenvalue weighted by Crippen LogP contribution is -2.47. The fourth-order valence-corrected chi connectivity index (χ4v) is 3.90. The van der Waals surface area contributed by atoms with Crippen molar-refractivity contribution in [2.24, 2.45) is 0 Å². The Bertz CT molecular complexity index is 569. The van der Waals surface area contributed by atoms with E-state index in [1.165, 1.54) is 11.4 Å². The van der Waals surface area contributed by atoms with E-state index in [4.69, 9.17) is 16.3 Å². The van der Waals surface area contributed by atoms with E-state index < -0.39 is 10.0 Å². The number of halogens is 1. The smallest absolute Gasteiger partial charge is 0.246 e. The monoisotopic (exact) mass is 318 g/mol. The molecule has 7 heteroatoms. The number of hydrogen-bond acceptors (Lipinski definition) is 4. The molecule has 1 aromatic carbocycles. The molecule has 1 aliphatic rings. The molecule has 0 bridgehead atoms. The van der Waals surface area contributed by atoms with Gasteiger partial charge in [-0.3, -0.25) is 0 Å². The molecule has 1 aliphatic heterocycles. The number of nitrogens with zero attached hydrogens (tertiary/aromatic N) is 2. The molecule has 0 amide bonds. The number of sulfonamides is 1. The Kier molecular flexibility index (Phi) is 4.90. The van der Waals surface area contributed by atoms with Gasteiger partial charge in [0.1, 0.15) is 10.6 Å². The first kappa shape index (κ1) is 15.6. The van der Waals surface area contributed by atoms with Gasteiger partial charge in [-0.15, -0.1) is 11.6 Å². The average molecular weight is 319 g/mol. The van der Waals surface area contributed by atoms with Crippen LogP contribution in [0.15, 0.2) is 23.1 Å². The molecule has 0 unspecified atom stereocenters. The van der Waals surface area contributed by atoms with Gasteiger partial charge in [-0.2, -0.15) is 4.31 Å². The van der Waals surface area contributed by atoms with E-state index in [2.05, 4.69) is 4.90 Å². The molecular formula is C13H19ClN2O3S. The second-order valence-electron chi connectivity index (χ2n) is 4.83. The normalized spacial score (nSPS) is 18.1. The average Bonchev–Trinajstić information content (AvgIpc) is 2.46. The third-order valence-electron chi connectivity index (χ3n) is 3.46. The maximum Gasteiger partial charge on any atom is 0.246 e. The molecule has 0 atom stereocenters. The summed E-state index contributed by atoms with van der Waals surface area (Å²) in [5.74, 6) is 0.674. The van der Waals surface area contributed by atoms with Crippen molar-refractivity contribution in [1.29, 1.82) is 0 Å². The topological polar surface area (TPSA) is 49.9 Å². The van der Waals surface area contributed by atoms with Crippen LogP contribution in [0.1, 0.15) is 5.56 Å². The van der Waals surface area contributed by atoms with Crippen LogP contribution in [0.2, 0.25) is 0 Å². The Labute approximate surface area is 125 Å². The minimum atomic E-state index is -3.51. The Hall–Kier alpha value is -0.820.